The lowest BCUT2D eigenvalue weighted by Crippen LogP contribution is -2.29. The molecule has 1 aliphatic rings. The first-order valence-electron chi connectivity index (χ1n) is 10.00. The first-order chi connectivity index (χ1) is 14.5. The van der Waals surface area contributed by atoms with E-state index in [0.717, 1.165) is 22.3 Å². The van der Waals surface area contributed by atoms with Crippen LogP contribution in [0.4, 0.5) is 5.82 Å². The Morgan fingerprint density at radius 3 is 2.80 bits per heavy atom. The number of pyridine rings is 1. The third-order valence-electron chi connectivity index (χ3n) is 6.34. The van der Waals surface area contributed by atoms with Gasteiger partial charge in [0.05, 0.1) is 22.6 Å². The molecule has 0 saturated heterocycles. The lowest BCUT2D eigenvalue weighted by atomic mass is 9.96. The molecule has 1 saturated carbocycles. The van der Waals surface area contributed by atoms with Gasteiger partial charge < -0.3 is 24.9 Å². The van der Waals surface area contributed by atoms with Crippen LogP contribution in [0.2, 0.25) is 5.02 Å². The SMILES string of the molecule is Cc1cnc2c(Cl)c(CC[C@H]3C[C@@H](n4ccc5c(N)ncnc54)[C@H](O)[C@@H]3O)ccn12. The molecule has 0 aliphatic heterocycles. The lowest BCUT2D eigenvalue weighted by Gasteiger charge is -2.19. The number of nitrogens with two attached hydrogens (primary N) is 1. The summed E-state index contributed by atoms with van der Waals surface area (Å²) in [6, 6.07) is 3.57. The molecule has 0 unspecified atom stereocenters. The maximum atomic E-state index is 10.7. The number of anilines is 1. The van der Waals surface area contributed by atoms with Gasteiger partial charge in [-0.05, 0) is 49.8 Å². The van der Waals surface area contributed by atoms with Crippen molar-refractivity contribution in [2.45, 2.75) is 44.4 Å². The van der Waals surface area contributed by atoms with Crippen molar-refractivity contribution >= 4 is 34.1 Å². The fraction of sp³-hybridized carbons (Fsp3) is 0.381. The molecular weight excluding hydrogens is 404 g/mol. The van der Waals surface area contributed by atoms with E-state index in [0.29, 0.717) is 35.8 Å². The molecule has 0 spiro atoms. The third kappa shape index (κ3) is 2.94. The standard InChI is InChI=1S/C21H23ClN6O2/c1-11-9-24-21-16(22)12(4-6-27(11)21)2-3-13-8-15(18(30)17(13)29)28-7-5-14-19(23)25-10-26-20(14)28/h4-7,9-10,13,15,17-18,29-30H,2-3,8H2,1H3,(H2,23,25,26)/t13-,15+,17+,18-/m0/s1. The Balaban J connectivity index is 1.36. The van der Waals surface area contributed by atoms with Gasteiger partial charge >= 0.3 is 0 Å². The molecule has 156 valence electrons. The smallest absolute Gasteiger partial charge is 0.156 e. The molecule has 0 radical (unpaired) electrons. The van der Waals surface area contributed by atoms with E-state index in [9.17, 15) is 10.2 Å². The zero-order valence-electron chi connectivity index (χ0n) is 16.5. The van der Waals surface area contributed by atoms with Gasteiger partial charge in [0.1, 0.15) is 23.9 Å². The zero-order valence-corrected chi connectivity index (χ0v) is 17.2. The third-order valence-corrected chi connectivity index (χ3v) is 6.75. The molecular formula is C21H23ClN6O2. The number of aryl methyl sites for hydroxylation is 2. The molecule has 9 heteroatoms. The van der Waals surface area contributed by atoms with E-state index in [2.05, 4.69) is 15.0 Å². The van der Waals surface area contributed by atoms with Crippen LogP contribution >= 0.6 is 11.6 Å². The van der Waals surface area contributed by atoms with Crippen molar-refractivity contribution in [2.24, 2.45) is 5.92 Å². The van der Waals surface area contributed by atoms with Crippen LogP contribution in [-0.2, 0) is 6.42 Å². The number of aromatic nitrogens is 5. The Morgan fingerprint density at radius 1 is 1.13 bits per heavy atom. The van der Waals surface area contributed by atoms with Crippen molar-refractivity contribution in [2.75, 3.05) is 5.73 Å². The van der Waals surface area contributed by atoms with E-state index in [1.54, 1.807) is 6.20 Å². The number of fused-ring (bicyclic) bond motifs is 2. The van der Waals surface area contributed by atoms with Crippen molar-refractivity contribution < 1.29 is 10.2 Å². The monoisotopic (exact) mass is 426 g/mol. The Bertz CT molecular complexity index is 1240. The number of nitrogens with zero attached hydrogens (tertiary/aromatic N) is 5. The highest BCUT2D eigenvalue weighted by Gasteiger charge is 2.42. The van der Waals surface area contributed by atoms with E-state index >= 15 is 0 Å². The molecule has 4 heterocycles. The molecule has 30 heavy (non-hydrogen) atoms. The average Bonchev–Trinajstić information content (AvgIpc) is 3.40. The highest BCUT2D eigenvalue weighted by Crippen LogP contribution is 2.40. The fourth-order valence-electron chi connectivity index (χ4n) is 4.63. The van der Waals surface area contributed by atoms with Crippen molar-refractivity contribution in [1.82, 2.24) is 23.9 Å². The quantitative estimate of drug-likeness (QED) is 0.462. The van der Waals surface area contributed by atoms with Crippen molar-refractivity contribution in [3.8, 4) is 0 Å². The summed E-state index contributed by atoms with van der Waals surface area (Å²) >= 11 is 6.57. The van der Waals surface area contributed by atoms with E-state index in [1.165, 1.54) is 6.33 Å². The molecule has 5 rings (SSSR count). The predicted octanol–water partition coefficient (Wildman–Crippen LogP) is 2.54. The van der Waals surface area contributed by atoms with Crippen molar-refractivity contribution in [3.05, 3.63) is 53.3 Å². The van der Waals surface area contributed by atoms with Gasteiger partial charge in [-0.3, -0.25) is 0 Å². The summed E-state index contributed by atoms with van der Waals surface area (Å²) in [6.07, 6.45) is 7.38. The number of aliphatic hydroxyl groups excluding tert-OH is 2. The Kier molecular flexibility index (Phi) is 4.65. The van der Waals surface area contributed by atoms with Crippen LogP contribution < -0.4 is 5.73 Å². The van der Waals surface area contributed by atoms with Gasteiger partial charge in [-0.15, -0.1) is 0 Å². The van der Waals surface area contributed by atoms with Crippen molar-refractivity contribution in [1.29, 1.82) is 0 Å². The Labute approximate surface area is 178 Å². The maximum absolute atomic E-state index is 10.7. The Morgan fingerprint density at radius 2 is 1.97 bits per heavy atom. The molecule has 0 amide bonds. The minimum absolute atomic E-state index is 0.0598. The number of hydrogen-bond donors (Lipinski definition) is 3. The van der Waals surface area contributed by atoms with Crippen molar-refractivity contribution in [3.63, 3.8) is 0 Å². The van der Waals surface area contributed by atoms with Crippen LogP contribution in [0, 0.1) is 12.8 Å². The molecule has 0 bridgehead atoms. The van der Waals surface area contributed by atoms with Gasteiger partial charge in [-0.2, -0.15) is 0 Å². The van der Waals surface area contributed by atoms with E-state index in [-0.39, 0.29) is 12.0 Å². The molecule has 4 aromatic rings. The number of hydrogen-bond acceptors (Lipinski definition) is 6. The number of halogens is 1. The summed E-state index contributed by atoms with van der Waals surface area (Å²) in [7, 11) is 0. The first-order valence-corrected chi connectivity index (χ1v) is 10.4. The zero-order chi connectivity index (χ0) is 21.0. The minimum Gasteiger partial charge on any atom is -0.390 e. The highest BCUT2D eigenvalue weighted by atomic mass is 35.5. The number of rotatable bonds is 4. The normalized spacial score (nSPS) is 24.3. The topological polar surface area (TPSA) is 114 Å². The second-order valence-corrected chi connectivity index (χ2v) is 8.43. The van der Waals surface area contributed by atoms with Crippen LogP contribution in [-0.4, -0.2) is 46.3 Å². The van der Waals surface area contributed by atoms with Crippen LogP contribution in [0.15, 0.2) is 37.1 Å². The summed E-state index contributed by atoms with van der Waals surface area (Å²) < 4.78 is 3.86. The summed E-state index contributed by atoms with van der Waals surface area (Å²) in [4.78, 5) is 12.7. The van der Waals surface area contributed by atoms with Gasteiger partial charge in [-0.25, -0.2) is 15.0 Å². The fourth-order valence-corrected chi connectivity index (χ4v) is 4.93. The summed E-state index contributed by atoms with van der Waals surface area (Å²) in [6.45, 7) is 1.98. The predicted molar refractivity (Wildman–Crippen MR) is 114 cm³/mol. The summed E-state index contributed by atoms with van der Waals surface area (Å²) in [5, 5.41) is 22.8. The Hall–Kier alpha value is -2.68. The van der Waals surface area contributed by atoms with Crippen LogP contribution in [0.25, 0.3) is 16.7 Å². The van der Waals surface area contributed by atoms with Gasteiger partial charge in [-0.1, -0.05) is 11.6 Å². The molecule has 4 N–H and O–H groups in total. The molecule has 8 nitrogen and oxygen atoms in total. The van der Waals surface area contributed by atoms with Gasteiger partial charge in [0.2, 0.25) is 0 Å². The highest BCUT2D eigenvalue weighted by molar-refractivity contribution is 6.34. The lowest BCUT2D eigenvalue weighted by molar-refractivity contribution is 0.00545. The number of imidazole rings is 1. The summed E-state index contributed by atoms with van der Waals surface area (Å²) in [5.41, 5.74) is 9.36. The number of aliphatic hydroxyl groups is 2. The van der Waals surface area contributed by atoms with E-state index in [1.807, 2.05) is 40.4 Å². The van der Waals surface area contributed by atoms with Crippen LogP contribution in [0.3, 0.4) is 0 Å². The van der Waals surface area contributed by atoms with Gasteiger partial charge in [0, 0.05) is 24.3 Å². The molecule has 4 aromatic heterocycles. The largest absolute Gasteiger partial charge is 0.390 e. The first kappa shape index (κ1) is 19.3. The summed E-state index contributed by atoms with van der Waals surface area (Å²) in [5.74, 6) is 0.345. The van der Waals surface area contributed by atoms with Gasteiger partial charge in [0.15, 0.2) is 5.65 Å². The van der Waals surface area contributed by atoms with Gasteiger partial charge in [0.25, 0.3) is 0 Å². The maximum Gasteiger partial charge on any atom is 0.156 e. The molecule has 0 aromatic carbocycles. The van der Waals surface area contributed by atoms with E-state index in [4.69, 9.17) is 17.3 Å². The molecule has 1 aliphatic carbocycles. The minimum atomic E-state index is -0.880. The molecule has 1 fully saturated rings. The second kappa shape index (κ2) is 7.23. The second-order valence-electron chi connectivity index (χ2n) is 8.05. The average molecular weight is 427 g/mol. The van der Waals surface area contributed by atoms with Crippen LogP contribution in [0.1, 0.15) is 30.1 Å². The molecule has 4 atom stereocenters. The number of nitrogen functional groups attached to an aromatic ring is 1. The van der Waals surface area contributed by atoms with Crippen LogP contribution in [0.5, 0.6) is 0 Å². The van der Waals surface area contributed by atoms with E-state index < -0.39 is 12.2 Å².